The van der Waals surface area contributed by atoms with Gasteiger partial charge in [-0.25, -0.2) is 8.78 Å². The highest BCUT2D eigenvalue weighted by Gasteiger charge is 2.49. The Labute approximate surface area is 239 Å². The molecule has 0 bridgehead atoms. The summed E-state index contributed by atoms with van der Waals surface area (Å²) in [4.78, 5) is 20.7. The lowest BCUT2D eigenvalue weighted by molar-refractivity contribution is -0.131. The fraction of sp³-hybridized carbons (Fsp3) is 0.312. The van der Waals surface area contributed by atoms with Crippen LogP contribution < -0.4 is 9.64 Å². The van der Waals surface area contributed by atoms with Crippen LogP contribution in [0.15, 0.2) is 84.5 Å². The van der Waals surface area contributed by atoms with E-state index in [0.717, 1.165) is 19.4 Å². The van der Waals surface area contributed by atoms with E-state index in [4.69, 9.17) is 4.74 Å². The number of carbonyl (C=O) groups excluding carboxylic acids is 1. The highest BCUT2D eigenvalue weighted by atomic mass is 19.1. The van der Waals surface area contributed by atoms with Gasteiger partial charge in [-0.3, -0.25) is 9.79 Å². The number of aliphatic hydroxyl groups is 1. The third-order valence-electron chi connectivity index (χ3n) is 7.22. The molecule has 3 aromatic carbocycles. The Bertz CT molecular complexity index is 1350. The lowest BCUT2D eigenvalue weighted by Crippen LogP contribution is -2.55. The Hall–Kier alpha value is -4.24. The fourth-order valence-electron chi connectivity index (χ4n) is 5.06. The molecule has 0 aliphatic carbocycles. The number of unbranched alkanes of at least 4 members (excludes halogenated alkanes) is 1. The number of rotatable bonds is 14. The number of benzene rings is 3. The van der Waals surface area contributed by atoms with Gasteiger partial charge in [0.15, 0.2) is 0 Å². The molecule has 1 unspecified atom stereocenters. The smallest absolute Gasteiger partial charge is 0.233 e. The predicted octanol–water partition coefficient (Wildman–Crippen LogP) is 6.15. The zero-order valence-electron chi connectivity index (χ0n) is 23.0. The number of halogens is 2. The average molecular weight is 564 g/mol. The van der Waals surface area contributed by atoms with Crippen LogP contribution in [-0.4, -0.2) is 47.6 Å². The third kappa shape index (κ3) is 7.29. The van der Waals surface area contributed by atoms with E-state index in [1.807, 2.05) is 4.90 Å². The van der Waals surface area contributed by atoms with Crippen molar-refractivity contribution >= 4 is 17.9 Å². The minimum atomic E-state index is -0.874. The monoisotopic (exact) mass is 563 g/mol. The van der Waals surface area contributed by atoms with Gasteiger partial charge in [0.05, 0.1) is 31.0 Å². The second kappa shape index (κ2) is 13.9. The number of phenols is 1. The summed E-state index contributed by atoms with van der Waals surface area (Å²) in [5.74, 6) is -1.04. The van der Waals surface area contributed by atoms with E-state index in [1.54, 1.807) is 31.7 Å². The molecule has 3 aromatic rings. The maximum absolute atomic E-state index is 13.6. The minimum absolute atomic E-state index is 0.0202. The van der Waals surface area contributed by atoms with Gasteiger partial charge < -0.3 is 24.7 Å². The van der Waals surface area contributed by atoms with Crippen molar-refractivity contribution in [2.45, 2.75) is 37.8 Å². The van der Waals surface area contributed by atoms with Gasteiger partial charge >= 0.3 is 0 Å². The van der Waals surface area contributed by atoms with E-state index in [9.17, 15) is 23.8 Å². The quantitative estimate of drug-likeness (QED) is 0.106. The summed E-state index contributed by atoms with van der Waals surface area (Å²) in [6.07, 6.45) is 4.81. The third-order valence-corrected chi connectivity index (χ3v) is 7.22. The highest BCUT2D eigenvalue weighted by molar-refractivity contribution is 6.03. The first-order valence-corrected chi connectivity index (χ1v) is 13.6. The number of carbonyl (C=O) groups is 1. The molecule has 1 aliphatic heterocycles. The summed E-state index contributed by atoms with van der Waals surface area (Å²) in [5, 5.41) is 21.6. The van der Waals surface area contributed by atoms with Crippen molar-refractivity contribution in [2.75, 3.05) is 25.1 Å². The van der Waals surface area contributed by atoms with E-state index in [1.165, 1.54) is 59.5 Å². The molecule has 216 valence electrons. The first-order chi connectivity index (χ1) is 19.8. The van der Waals surface area contributed by atoms with Gasteiger partial charge in [-0.05, 0) is 86.0 Å². The number of aliphatic hydroxyl groups excluding tert-OH is 1. The SMILES string of the molecule is C=CN(/C=N/C)CCCCOc1ccc([C@@H]2C(CC[C@H](O)c3ccc(F)cc3)C(=O)N2c2ccc(F)cc2)c(O)c1. The molecule has 3 atom stereocenters. The fourth-order valence-corrected chi connectivity index (χ4v) is 5.06. The van der Waals surface area contributed by atoms with Crippen LogP contribution in [0.4, 0.5) is 14.5 Å². The predicted molar refractivity (Wildman–Crippen MR) is 155 cm³/mol. The summed E-state index contributed by atoms with van der Waals surface area (Å²) < 4.78 is 32.7. The molecule has 1 aliphatic rings. The number of nitrogens with zero attached hydrogens (tertiary/aromatic N) is 3. The van der Waals surface area contributed by atoms with Crippen LogP contribution >= 0.6 is 0 Å². The van der Waals surface area contributed by atoms with Crippen LogP contribution in [-0.2, 0) is 4.79 Å². The number of aromatic hydroxyl groups is 1. The van der Waals surface area contributed by atoms with E-state index in [0.29, 0.717) is 35.6 Å². The van der Waals surface area contributed by atoms with Crippen molar-refractivity contribution in [3.8, 4) is 11.5 Å². The normalized spacial score (nSPS) is 17.4. The van der Waals surface area contributed by atoms with Gasteiger partial charge in [-0.1, -0.05) is 18.7 Å². The molecular weight excluding hydrogens is 528 g/mol. The number of aliphatic imine (C=N–C) groups is 1. The topological polar surface area (TPSA) is 85.6 Å². The summed E-state index contributed by atoms with van der Waals surface area (Å²) in [7, 11) is 1.70. The first kappa shape index (κ1) is 29.7. The molecule has 2 N–H and O–H groups in total. The van der Waals surface area contributed by atoms with Gasteiger partial charge in [0.1, 0.15) is 23.1 Å². The average Bonchev–Trinajstić information content (AvgIpc) is 2.97. The summed E-state index contributed by atoms with van der Waals surface area (Å²) in [6.45, 7) is 4.98. The maximum atomic E-state index is 13.6. The standard InChI is InChI=1S/C32H35F2N3O4/c1-3-36(21-35-2)18-4-5-19-41-26-14-15-27(30(39)20-26)31-28(16-17-29(38)22-6-8-23(33)9-7-22)32(40)37(31)25-12-10-24(34)11-13-25/h3,6-15,20-21,28-29,31,38-39H,1,4-5,16-19H2,2H3/b35-21+/t28?,29-,31+/m0/s1. The van der Waals surface area contributed by atoms with Crippen LogP contribution in [0.5, 0.6) is 11.5 Å². The number of amides is 1. The second-order valence-electron chi connectivity index (χ2n) is 9.95. The molecule has 0 saturated carbocycles. The van der Waals surface area contributed by atoms with Crippen molar-refractivity contribution < 1.29 is 28.5 Å². The zero-order valence-corrected chi connectivity index (χ0v) is 23.0. The van der Waals surface area contributed by atoms with E-state index >= 15 is 0 Å². The highest BCUT2D eigenvalue weighted by Crippen LogP contribution is 2.49. The van der Waals surface area contributed by atoms with Crippen LogP contribution in [0.25, 0.3) is 0 Å². The summed E-state index contributed by atoms with van der Waals surface area (Å²) in [6, 6.07) is 15.7. The van der Waals surface area contributed by atoms with E-state index < -0.39 is 29.7 Å². The number of anilines is 1. The number of hydrogen-bond donors (Lipinski definition) is 2. The molecule has 9 heteroatoms. The first-order valence-electron chi connectivity index (χ1n) is 13.6. The Kier molecular flexibility index (Phi) is 10.1. The zero-order chi connectivity index (χ0) is 29.4. The van der Waals surface area contributed by atoms with Crippen LogP contribution in [0.1, 0.15) is 49.0 Å². The van der Waals surface area contributed by atoms with Crippen molar-refractivity contribution in [3.63, 3.8) is 0 Å². The molecule has 41 heavy (non-hydrogen) atoms. The van der Waals surface area contributed by atoms with Crippen LogP contribution in [0, 0.1) is 17.6 Å². The Morgan fingerprint density at radius 3 is 2.39 bits per heavy atom. The maximum Gasteiger partial charge on any atom is 0.233 e. The van der Waals surface area contributed by atoms with E-state index in [-0.39, 0.29) is 18.1 Å². The van der Waals surface area contributed by atoms with E-state index in [2.05, 4.69) is 11.6 Å². The number of phenolic OH excluding ortho intramolecular Hbond substituents is 1. The van der Waals surface area contributed by atoms with Crippen molar-refractivity contribution in [1.29, 1.82) is 0 Å². The molecule has 7 nitrogen and oxygen atoms in total. The molecule has 0 aromatic heterocycles. The van der Waals surface area contributed by atoms with Gasteiger partial charge in [0.2, 0.25) is 5.91 Å². The Balaban J connectivity index is 1.45. The van der Waals surface area contributed by atoms with Crippen LogP contribution in [0.2, 0.25) is 0 Å². The van der Waals surface area contributed by atoms with Gasteiger partial charge in [0.25, 0.3) is 0 Å². The van der Waals surface area contributed by atoms with Crippen molar-refractivity contribution in [3.05, 3.63) is 102 Å². The molecule has 1 amide bonds. The largest absolute Gasteiger partial charge is 0.507 e. The number of hydrogen-bond acceptors (Lipinski definition) is 5. The summed E-state index contributed by atoms with van der Waals surface area (Å²) in [5.41, 5.74) is 1.60. The van der Waals surface area contributed by atoms with Crippen molar-refractivity contribution in [1.82, 2.24) is 4.90 Å². The minimum Gasteiger partial charge on any atom is -0.507 e. The lowest BCUT2D eigenvalue weighted by Gasteiger charge is -2.48. The molecule has 1 fully saturated rings. The molecule has 0 radical (unpaired) electrons. The Morgan fingerprint density at radius 1 is 1.07 bits per heavy atom. The van der Waals surface area contributed by atoms with Crippen molar-refractivity contribution in [2.24, 2.45) is 10.9 Å². The molecular formula is C32H35F2N3O4. The lowest BCUT2D eigenvalue weighted by atomic mass is 9.78. The second-order valence-corrected chi connectivity index (χ2v) is 9.95. The van der Waals surface area contributed by atoms with Gasteiger partial charge in [-0.2, -0.15) is 0 Å². The van der Waals surface area contributed by atoms with Gasteiger partial charge in [0, 0.05) is 30.9 Å². The molecule has 1 saturated heterocycles. The molecule has 4 rings (SSSR count). The molecule has 0 spiro atoms. The van der Waals surface area contributed by atoms with Gasteiger partial charge in [-0.15, -0.1) is 0 Å². The summed E-state index contributed by atoms with van der Waals surface area (Å²) >= 11 is 0. The Morgan fingerprint density at radius 2 is 1.76 bits per heavy atom. The van der Waals surface area contributed by atoms with Crippen LogP contribution in [0.3, 0.4) is 0 Å². The number of β-lactam (4-membered cyclic amide) rings is 1. The number of ether oxygens (including phenoxy) is 1. The molecule has 1 heterocycles.